The van der Waals surface area contributed by atoms with Crippen LogP contribution >= 0.6 is 75.9 Å². The maximum absolute atomic E-state index is 13.1. The fraction of sp³-hybridized carbons (Fsp3) is 0. The molecule has 182 valence electrons. The Balaban J connectivity index is 1.52. The highest BCUT2D eigenvalue weighted by atomic mass is 79.9. The molecule has 0 unspecified atom stereocenters. The van der Waals surface area contributed by atoms with Crippen LogP contribution in [0.2, 0.25) is 0 Å². The molecule has 1 heterocycles. The van der Waals surface area contributed by atoms with Crippen molar-refractivity contribution in [2.45, 2.75) is 0 Å². The number of nitrogens with one attached hydrogen (secondary N) is 2. The summed E-state index contributed by atoms with van der Waals surface area (Å²) in [5.41, 5.74) is 1.13. The van der Waals surface area contributed by atoms with Gasteiger partial charge in [-0.3, -0.25) is 19.7 Å². The van der Waals surface area contributed by atoms with Gasteiger partial charge < -0.3 is 10.4 Å². The molecule has 1 aliphatic heterocycles. The number of fused-ring (bicyclic) bond motifs is 1. The third-order valence-electron chi connectivity index (χ3n) is 5.12. The van der Waals surface area contributed by atoms with Crippen LogP contribution in [0.5, 0.6) is 0 Å². The van der Waals surface area contributed by atoms with Crippen LogP contribution in [0.25, 0.3) is 0 Å². The van der Waals surface area contributed by atoms with Crippen LogP contribution in [0.15, 0.2) is 66.4 Å². The minimum Gasteiger partial charge on any atom is -0.478 e. The van der Waals surface area contributed by atoms with Gasteiger partial charge in [0.15, 0.2) is 5.11 Å². The molecule has 4 rings (SSSR count). The van der Waals surface area contributed by atoms with Gasteiger partial charge in [0.1, 0.15) is 0 Å². The van der Waals surface area contributed by atoms with E-state index in [1.165, 1.54) is 36.4 Å². The minimum atomic E-state index is -1.14. The Morgan fingerprint density at radius 2 is 1.33 bits per heavy atom. The Morgan fingerprint density at radius 3 is 1.86 bits per heavy atom. The maximum atomic E-state index is 13.1. The molecule has 0 saturated carbocycles. The SMILES string of the molecule is O=C(NC(=S)Nc1ccccc1C(=O)O)c1ccc(N2C(=O)c3c(Br)c(Br)c(Br)c(Br)c3C2=O)cc1. The first-order chi connectivity index (χ1) is 17.0. The summed E-state index contributed by atoms with van der Waals surface area (Å²) in [6.45, 7) is 0. The van der Waals surface area contributed by atoms with Crippen molar-refractivity contribution in [3.05, 3.63) is 88.7 Å². The lowest BCUT2D eigenvalue weighted by Crippen LogP contribution is -2.34. The fourth-order valence-corrected chi connectivity index (χ4v) is 6.11. The van der Waals surface area contributed by atoms with E-state index >= 15 is 0 Å². The van der Waals surface area contributed by atoms with Crippen LogP contribution in [0.1, 0.15) is 41.4 Å². The molecule has 0 radical (unpaired) electrons. The molecule has 1 aliphatic rings. The van der Waals surface area contributed by atoms with E-state index in [1.54, 1.807) is 12.1 Å². The number of nitrogens with zero attached hydrogens (tertiary/aromatic N) is 1. The first kappa shape index (κ1) is 26.6. The van der Waals surface area contributed by atoms with Gasteiger partial charge in [0, 0.05) is 23.5 Å². The van der Waals surface area contributed by atoms with Gasteiger partial charge >= 0.3 is 5.97 Å². The third kappa shape index (κ3) is 4.77. The standard InChI is InChI=1S/C23H11Br4N3O5S/c24-15-13-14(16(25)18(27)17(15)26)21(33)30(20(13)32)10-7-5-9(6-8-10)19(31)29-23(36)28-12-4-2-1-3-11(12)22(34)35/h1-8H,(H,34,35)(H2,28,29,31,36). The normalized spacial score (nSPS) is 12.4. The van der Waals surface area contributed by atoms with E-state index in [1.807, 2.05) is 0 Å². The minimum absolute atomic E-state index is 0.00303. The number of benzene rings is 3. The van der Waals surface area contributed by atoms with Gasteiger partial charge in [-0.25, -0.2) is 9.69 Å². The number of hydrogen-bond acceptors (Lipinski definition) is 5. The number of halogens is 4. The first-order valence-electron chi connectivity index (χ1n) is 9.82. The van der Waals surface area contributed by atoms with E-state index in [9.17, 15) is 24.3 Å². The summed E-state index contributed by atoms with van der Waals surface area (Å²) < 4.78 is 2.04. The number of imide groups is 1. The topological polar surface area (TPSA) is 116 Å². The van der Waals surface area contributed by atoms with Gasteiger partial charge in [-0.05, 0) is 112 Å². The van der Waals surface area contributed by atoms with Crippen molar-refractivity contribution < 1.29 is 24.3 Å². The summed E-state index contributed by atoms with van der Waals surface area (Å²) >= 11 is 18.7. The number of aromatic carboxylic acids is 1. The number of para-hydroxylation sites is 1. The Morgan fingerprint density at radius 1 is 0.806 bits per heavy atom. The molecule has 0 fully saturated rings. The second-order valence-corrected chi connectivity index (χ2v) is 10.8. The average molecular weight is 761 g/mol. The van der Waals surface area contributed by atoms with Gasteiger partial charge in [0.05, 0.1) is 28.1 Å². The predicted octanol–water partition coefficient (Wildman–Crippen LogP) is 6.36. The van der Waals surface area contributed by atoms with Crippen molar-refractivity contribution in [1.29, 1.82) is 0 Å². The molecule has 8 nitrogen and oxygen atoms in total. The van der Waals surface area contributed by atoms with Gasteiger partial charge in [-0.2, -0.15) is 0 Å². The number of rotatable bonds is 4. The van der Waals surface area contributed by atoms with Crippen molar-refractivity contribution in [2.75, 3.05) is 10.2 Å². The van der Waals surface area contributed by atoms with Crippen molar-refractivity contribution in [3.8, 4) is 0 Å². The Hall–Kier alpha value is -2.45. The van der Waals surface area contributed by atoms with E-state index in [-0.39, 0.29) is 38.7 Å². The van der Waals surface area contributed by atoms with Crippen LogP contribution < -0.4 is 15.5 Å². The second-order valence-electron chi connectivity index (χ2n) is 7.26. The summed E-state index contributed by atoms with van der Waals surface area (Å²) in [6, 6.07) is 12.0. The van der Waals surface area contributed by atoms with E-state index in [0.717, 1.165) is 4.90 Å². The molecular weight excluding hydrogens is 750 g/mol. The smallest absolute Gasteiger partial charge is 0.337 e. The van der Waals surface area contributed by atoms with Gasteiger partial charge in [-0.15, -0.1) is 0 Å². The van der Waals surface area contributed by atoms with Crippen LogP contribution in [0.3, 0.4) is 0 Å². The molecule has 0 aromatic heterocycles. The molecular formula is C23H11Br4N3O5S. The predicted molar refractivity (Wildman–Crippen MR) is 152 cm³/mol. The van der Waals surface area contributed by atoms with E-state index in [4.69, 9.17) is 12.2 Å². The van der Waals surface area contributed by atoms with Crippen LogP contribution in [-0.4, -0.2) is 33.9 Å². The highest BCUT2D eigenvalue weighted by molar-refractivity contribution is 9.15. The zero-order valence-corrected chi connectivity index (χ0v) is 24.7. The fourth-order valence-electron chi connectivity index (χ4n) is 3.45. The Bertz CT molecular complexity index is 1450. The maximum Gasteiger partial charge on any atom is 0.337 e. The number of anilines is 2. The lowest BCUT2D eigenvalue weighted by Gasteiger charge is -2.15. The average Bonchev–Trinajstić information content (AvgIpc) is 3.11. The number of amides is 3. The molecule has 0 saturated heterocycles. The summed E-state index contributed by atoms with van der Waals surface area (Å²) in [5, 5.41) is 14.4. The number of hydrogen-bond donors (Lipinski definition) is 3. The van der Waals surface area contributed by atoms with Gasteiger partial charge in [0.2, 0.25) is 0 Å². The number of carboxylic acids is 1. The molecule has 13 heteroatoms. The van der Waals surface area contributed by atoms with Gasteiger partial charge in [-0.1, -0.05) is 12.1 Å². The monoisotopic (exact) mass is 757 g/mol. The first-order valence-corrected chi connectivity index (χ1v) is 13.4. The van der Waals surface area contributed by atoms with Crippen molar-refractivity contribution >= 4 is 116 Å². The molecule has 3 amide bonds. The summed E-state index contributed by atoms with van der Waals surface area (Å²) in [5.74, 6) is -2.74. The van der Waals surface area contributed by atoms with Crippen molar-refractivity contribution in [2.24, 2.45) is 0 Å². The Labute approximate surface area is 242 Å². The molecule has 0 bridgehead atoms. The summed E-state index contributed by atoms with van der Waals surface area (Å²) in [6.07, 6.45) is 0. The zero-order chi connectivity index (χ0) is 26.3. The zero-order valence-electron chi connectivity index (χ0n) is 17.6. The molecule has 0 aliphatic carbocycles. The Kier molecular flexibility index (Phi) is 7.76. The lowest BCUT2D eigenvalue weighted by molar-refractivity contribution is 0.0697. The molecule has 3 aromatic carbocycles. The van der Waals surface area contributed by atoms with E-state index in [2.05, 4.69) is 74.4 Å². The molecule has 3 aromatic rings. The number of carboxylic acid groups (broad SMARTS) is 1. The van der Waals surface area contributed by atoms with Gasteiger partial charge in [0.25, 0.3) is 17.7 Å². The second kappa shape index (κ2) is 10.5. The third-order valence-corrected chi connectivity index (χ3v) is 10.1. The number of carbonyl (C=O) groups excluding carboxylic acids is 3. The van der Waals surface area contributed by atoms with Crippen molar-refractivity contribution in [1.82, 2.24) is 5.32 Å². The molecule has 36 heavy (non-hydrogen) atoms. The van der Waals surface area contributed by atoms with E-state index < -0.39 is 23.7 Å². The quantitative estimate of drug-likeness (QED) is 0.123. The number of thiocarbonyl (C=S) groups is 1. The largest absolute Gasteiger partial charge is 0.478 e. The molecule has 0 spiro atoms. The van der Waals surface area contributed by atoms with Crippen molar-refractivity contribution in [3.63, 3.8) is 0 Å². The summed E-state index contributed by atoms with van der Waals surface area (Å²) in [7, 11) is 0. The van der Waals surface area contributed by atoms with Crippen LogP contribution in [-0.2, 0) is 0 Å². The van der Waals surface area contributed by atoms with Crippen LogP contribution in [0.4, 0.5) is 11.4 Å². The molecule has 3 N–H and O–H groups in total. The highest BCUT2D eigenvalue weighted by Crippen LogP contribution is 2.46. The summed E-state index contributed by atoms with van der Waals surface area (Å²) in [4.78, 5) is 51.3. The molecule has 0 atom stereocenters. The highest BCUT2D eigenvalue weighted by Gasteiger charge is 2.41. The van der Waals surface area contributed by atoms with E-state index in [0.29, 0.717) is 17.9 Å². The lowest BCUT2D eigenvalue weighted by atomic mass is 10.1. The number of carbonyl (C=O) groups is 4. The van der Waals surface area contributed by atoms with Crippen LogP contribution in [0, 0.1) is 0 Å².